The minimum absolute atomic E-state index is 0.800. The Morgan fingerprint density at radius 3 is 2.70 bits per heavy atom. The van der Waals surface area contributed by atoms with E-state index in [1.54, 1.807) is 6.26 Å². The summed E-state index contributed by atoms with van der Waals surface area (Å²) < 4.78 is 5.42. The van der Waals surface area contributed by atoms with E-state index in [2.05, 4.69) is 58.5 Å². The second-order valence-electron chi connectivity index (χ2n) is 6.00. The Hall–Kier alpha value is -2.27. The van der Waals surface area contributed by atoms with Crippen molar-refractivity contribution in [3.8, 4) is 0 Å². The van der Waals surface area contributed by atoms with Crippen LogP contribution in [0.3, 0.4) is 0 Å². The Bertz CT molecular complexity index is 651. The van der Waals surface area contributed by atoms with Gasteiger partial charge in [-0.15, -0.1) is 0 Å². The fourth-order valence-electron chi connectivity index (χ4n) is 2.80. The van der Waals surface area contributed by atoms with Gasteiger partial charge in [-0.2, -0.15) is 0 Å². The number of guanidine groups is 1. The molecule has 0 spiro atoms. The Balaban J connectivity index is 1.61. The van der Waals surface area contributed by atoms with E-state index in [0.717, 1.165) is 44.4 Å². The number of hydrogen-bond acceptors (Lipinski definition) is 5. The summed E-state index contributed by atoms with van der Waals surface area (Å²) in [6.45, 7) is 4.38. The van der Waals surface area contributed by atoms with E-state index in [1.807, 2.05) is 12.1 Å². The highest BCUT2D eigenvalue weighted by Crippen LogP contribution is 2.13. The maximum Gasteiger partial charge on any atom is 0.194 e. The van der Waals surface area contributed by atoms with Crippen molar-refractivity contribution in [2.24, 2.45) is 4.99 Å². The molecule has 3 rings (SSSR count). The number of nitrogens with one attached hydrogen (secondary N) is 1. The molecule has 1 aliphatic rings. The molecule has 0 saturated heterocycles. The largest absolute Gasteiger partial charge is 0.468 e. The van der Waals surface area contributed by atoms with Gasteiger partial charge in [-0.3, -0.25) is 9.89 Å². The lowest BCUT2D eigenvalue weighted by molar-refractivity contribution is 0.287. The maximum absolute atomic E-state index is 5.42. The lowest BCUT2D eigenvalue weighted by Crippen LogP contribution is -2.35. The molecule has 1 N–H and O–H groups in total. The third kappa shape index (κ3) is 4.13. The van der Waals surface area contributed by atoms with E-state index in [9.17, 15) is 0 Å². The van der Waals surface area contributed by atoms with Crippen molar-refractivity contribution in [3.05, 3.63) is 59.5 Å². The second kappa shape index (κ2) is 7.33. The smallest absolute Gasteiger partial charge is 0.194 e. The van der Waals surface area contributed by atoms with Crippen LogP contribution in [0.4, 0.5) is 0 Å². The average molecular weight is 312 g/mol. The zero-order valence-corrected chi connectivity index (χ0v) is 13.8. The van der Waals surface area contributed by atoms with Gasteiger partial charge in [0.05, 0.1) is 19.4 Å². The van der Waals surface area contributed by atoms with E-state index in [1.165, 1.54) is 11.1 Å². The number of nitrogens with zero attached hydrogens (tertiary/aromatic N) is 3. The molecule has 1 aliphatic heterocycles. The first-order valence-corrected chi connectivity index (χ1v) is 7.99. The van der Waals surface area contributed by atoms with Crippen molar-refractivity contribution in [3.63, 3.8) is 0 Å². The number of hydrogen-bond donors (Lipinski definition) is 1. The first kappa shape index (κ1) is 15.6. The lowest BCUT2D eigenvalue weighted by atomic mass is 10.1. The number of furan rings is 1. The monoisotopic (exact) mass is 312 g/mol. The zero-order chi connectivity index (χ0) is 16.1. The van der Waals surface area contributed by atoms with E-state index >= 15 is 0 Å². The fourth-order valence-corrected chi connectivity index (χ4v) is 2.80. The van der Waals surface area contributed by atoms with Crippen LogP contribution in [0.1, 0.15) is 16.9 Å². The Morgan fingerprint density at radius 1 is 1.17 bits per heavy atom. The van der Waals surface area contributed by atoms with Crippen LogP contribution in [0.25, 0.3) is 0 Å². The van der Waals surface area contributed by atoms with Gasteiger partial charge in [0.2, 0.25) is 0 Å². The average Bonchev–Trinajstić information content (AvgIpc) is 3.18. The number of benzene rings is 1. The molecule has 2 aromatic rings. The highest BCUT2D eigenvalue weighted by Gasteiger charge is 2.13. The van der Waals surface area contributed by atoms with Gasteiger partial charge in [0, 0.05) is 26.7 Å². The van der Waals surface area contributed by atoms with Gasteiger partial charge in [-0.25, -0.2) is 0 Å². The highest BCUT2D eigenvalue weighted by molar-refractivity contribution is 5.81. The third-order valence-electron chi connectivity index (χ3n) is 4.06. The summed E-state index contributed by atoms with van der Waals surface area (Å²) in [5, 5.41) is 3.45. The molecule has 0 fully saturated rings. The summed E-state index contributed by atoms with van der Waals surface area (Å²) >= 11 is 0. The molecule has 5 heteroatoms. The molecule has 0 radical (unpaired) electrons. The number of aliphatic imine (C=N–C) groups is 1. The van der Waals surface area contributed by atoms with Crippen molar-refractivity contribution in [1.29, 1.82) is 0 Å². The van der Waals surface area contributed by atoms with E-state index < -0.39 is 0 Å². The first-order chi connectivity index (χ1) is 11.2. The molecule has 0 saturated carbocycles. The van der Waals surface area contributed by atoms with Gasteiger partial charge in [0.25, 0.3) is 0 Å². The summed E-state index contributed by atoms with van der Waals surface area (Å²) in [7, 11) is 4.18. The van der Waals surface area contributed by atoms with Gasteiger partial charge < -0.3 is 14.6 Å². The molecule has 5 nitrogen and oxygen atoms in total. The molecule has 2 heterocycles. The van der Waals surface area contributed by atoms with E-state index in [4.69, 9.17) is 4.42 Å². The van der Waals surface area contributed by atoms with Crippen LogP contribution >= 0.6 is 0 Å². The Labute approximate surface area is 137 Å². The Morgan fingerprint density at radius 2 is 2.00 bits per heavy atom. The molecule has 1 aromatic heterocycles. The molecule has 0 atom stereocenters. The predicted octanol–water partition coefficient (Wildman–Crippen LogP) is 2.30. The number of likely N-dealkylation sites (N-methyl/N-ethyl adjacent to an activating group) is 1. The molecule has 122 valence electrons. The lowest BCUT2D eigenvalue weighted by Gasteiger charge is -2.19. The first-order valence-electron chi connectivity index (χ1n) is 7.99. The Kier molecular flexibility index (Phi) is 4.98. The van der Waals surface area contributed by atoms with Crippen LogP contribution in [0.15, 0.2) is 52.1 Å². The predicted molar refractivity (Wildman–Crippen MR) is 92.1 cm³/mol. The second-order valence-corrected chi connectivity index (χ2v) is 6.00. The van der Waals surface area contributed by atoms with Crippen LogP contribution in [0.2, 0.25) is 0 Å². The summed E-state index contributed by atoms with van der Waals surface area (Å²) in [6, 6.07) is 12.5. The van der Waals surface area contributed by atoms with Crippen LogP contribution in [0.5, 0.6) is 0 Å². The highest BCUT2D eigenvalue weighted by atomic mass is 16.3. The molecule has 0 unspecified atom stereocenters. The summed E-state index contributed by atoms with van der Waals surface area (Å²) in [6.07, 6.45) is 1.72. The van der Waals surface area contributed by atoms with Gasteiger partial charge in [0.1, 0.15) is 5.76 Å². The van der Waals surface area contributed by atoms with Crippen LogP contribution in [0, 0.1) is 0 Å². The molecule has 1 aromatic carbocycles. The van der Waals surface area contributed by atoms with Gasteiger partial charge in [-0.1, -0.05) is 24.3 Å². The van der Waals surface area contributed by atoms with Gasteiger partial charge >= 0.3 is 0 Å². The van der Waals surface area contributed by atoms with Crippen LogP contribution in [-0.2, 0) is 19.6 Å². The quantitative estimate of drug-likeness (QED) is 0.889. The number of rotatable bonds is 6. The fraction of sp³-hybridized carbons (Fsp3) is 0.389. The normalized spacial score (nSPS) is 14.4. The topological polar surface area (TPSA) is 44.0 Å². The summed E-state index contributed by atoms with van der Waals surface area (Å²) in [5.41, 5.74) is 2.64. The van der Waals surface area contributed by atoms with Gasteiger partial charge in [0.15, 0.2) is 5.96 Å². The van der Waals surface area contributed by atoms with Crippen molar-refractivity contribution >= 4 is 5.96 Å². The minimum atomic E-state index is 0.800. The van der Waals surface area contributed by atoms with E-state index in [-0.39, 0.29) is 0 Å². The third-order valence-corrected chi connectivity index (χ3v) is 4.06. The molecule has 0 aliphatic carbocycles. The zero-order valence-electron chi connectivity index (χ0n) is 13.8. The molecule has 0 amide bonds. The van der Waals surface area contributed by atoms with Crippen molar-refractivity contribution in [2.75, 3.05) is 27.2 Å². The molecular weight excluding hydrogens is 288 g/mol. The summed E-state index contributed by atoms with van der Waals surface area (Å²) in [5.74, 6) is 1.98. The minimum Gasteiger partial charge on any atom is -0.468 e. The van der Waals surface area contributed by atoms with Crippen molar-refractivity contribution in [2.45, 2.75) is 19.6 Å². The SMILES string of the molecule is CN(Cc1ccco1)Cc1ccccc1CNC1=NCCN1C. The van der Waals surface area contributed by atoms with Crippen LogP contribution in [-0.4, -0.2) is 42.9 Å². The van der Waals surface area contributed by atoms with Crippen molar-refractivity contribution in [1.82, 2.24) is 15.1 Å². The maximum atomic E-state index is 5.42. The standard InChI is InChI=1S/C18H24N4O/c1-21(14-17-8-5-11-23-17)13-16-7-4-3-6-15(16)12-20-18-19-9-10-22(18)2/h3-8,11H,9-10,12-14H2,1-2H3,(H,19,20). The van der Waals surface area contributed by atoms with Gasteiger partial charge in [-0.05, 0) is 30.3 Å². The van der Waals surface area contributed by atoms with E-state index in [0.29, 0.717) is 0 Å². The molecule has 23 heavy (non-hydrogen) atoms. The molecular formula is C18H24N4O. The van der Waals surface area contributed by atoms with Crippen molar-refractivity contribution < 1.29 is 4.42 Å². The summed E-state index contributed by atoms with van der Waals surface area (Å²) in [4.78, 5) is 8.90. The molecule has 0 bridgehead atoms. The van der Waals surface area contributed by atoms with Crippen LogP contribution < -0.4 is 5.32 Å².